The average Bonchev–Trinajstić information content (AvgIpc) is 2.97. The summed E-state index contributed by atoms with van der Waals surface area (Å²) in [6.07, 6.45) is 7.18. The Morgan fingerprint density at radius 2 is 2.16 bits per heavy atom. The fraction of sp³-hybridized carbons (Fsp3) is 0.812. The Hall–Kier alpha value is -0.830. The third-order valence-electron chi connectivity index (χ3n) is 4.94. The molecule has 0 bridgehead atoms. The van der Waals surface area contributed by atoms with E-state index >= 15 is 0 Å². The van der Waals surface area contributed by atoms with E-state index in [1.165, 1.54) is 56.8 Å². The first-order chi connectivity index (χ1) is 9.13. The molecule has 0 N–H and O–H groups in total. The quantitative estimate of drug-likeness (QED) is 0.834. The summed E-state index contributed by atoms with van der Waals surface area (Å²) in [4.78, 5) is 7.31. The molecular formula is C16H27N3. The van der Waals surface area contributed by atoms with Crippen molar-refractivity contribution < 1.29 is 0 Å². The number of hydrogen-bond acceptors (Lipinski definition) is 2. The lowest BCUT2D eigenvalue weighted by molar-refractivity contribution is 0.264. The van der Waals surface area contributed by atoms with Gasteiger partial charge in [-0.2, -0.15) is 0 Å². The van der Waals surface area contributed by atoms with E-state index in [1.54, 1.807) is 0 Å². The van der Waals surface area contributed by atoms with Gasteiger partial charge in [-0.25, -0.2) is 4.98 Å². The van der Waals surface area contributed by atoms with Gasteiger partial charge in [-0.3, -0.25) is 0 Å². The molecule has 2 aliphatic rings. The highest BCUT2D eigenvalue weighted by atomic mass is 15.2. The first kappa shape index (κ1) is 13.2. The summed E-state index contributed by atoms with van der Waals surface area (Å²) in [7, 11) is 0. The maximum atomic E-state index is 4.71. The maximum absolute atomic E-state index is 4.71. The normalized spacial score (nSPS) is 28.0. The lowest BCUT2D eigenvalue weighted by Crippen LogP contribution is -2.28. The summed E-state index contributed by atoms with van der Waals surface area (Å²) in [5.41, 5.74) is 1.47. The summed E-state index contributed by atoms with van der Waals surface area (Å²) < 4.78 is 2.50. The number of hydrogen-bond donors (Lipinski definition) is 0. The number of rotatable bonds is 3. The smallest absolute Gasteiger partial charge is 0.109 e. The van der Waals surface area contributed by atoms with E-state index < -0.39 is 0 Å². The van der Waals surface area contributed by atoms with Gasteiger partial charge in [-0.05, 0) is 51.5 Å². The van der Waals surface area contributed by atoms with Gasteiger partial charge in [0.15, 0.2) is 0 Å². The Kier molecular flexibility index (Phi) is 3.66. The molecule has 0 aliphatic carbocycles. The second-order valence-electron chi connectivity index (χ2n) is 6.86. The highest BCUT2D eigenvalue weighted by Gasteiger charge is 2.26. The molecule has 1 saturated heterocycles. The SMILES string of the molecule is CC1CCn2c(cnc2CC2CCN(C(C)C)C2)C1. The minimum Gasteiger partial charge on any atom is -0.332 e. The van der Waals surface area contributed by atoms with Gasteiger partial charge in [-0.1, -0.05) is 6.92 Å². The van der Waals surface area contributed by atoms with Crippen molar-refractivity contribution in [1.82, 2.24) is 14.5 Å². The fourth-order valence-corrected chi connectivity index (χ4v) is 3.62. The van der Waals surface area contributed by atoms with Gasteiger partial charge in [0.25, 0.3) is 0 Å². The molecule has 2 aliphatic heterocycles. The highest BCUT2D eigenvalue weighted by Crippen LogP contribution is 2.26. The molecule has 3 nitrogen and oxygen atoms in total. The summed E-state index contributed by atoms with van der Waals surface area (Å²) >= 11 is 0. The molecule has 3 rings (SSSR count). The third kappa shape index (κ3) is 2.71. The standard InChI is InChI=1S/C16H27N3/c1-12(2)18-6-5-14(11-18)9-16-17-10-15-8-13(3)4-7-19(15)16/h10,12-14H,4-9,11H2,1-3H3. The van der Waals surface area contributed by atoms with Crippen LogP contribution in [0.2, 0.25) is 0 Å². The van der Waals surface area contributed by atoms with Gasteiger partial charge in [-0.15, -0.1) is 0 Å². The summed E-state index contributed by atoms with van der Waals surface area (Å²) in [5.74, 6) is 2.99. The topological polar surface area (TPSA) is 21.1 Å². The van der Waals surface area contributed by atoms with Crippen molar-refractivity contribution in [1.29, 1.82) is 0 Å². The van der Waals surface area contributed by atoms with Crippen LogP contribution in [-0.4, -0.2) is 33.6 Å². The van der Waals surface area contributed by atoms with Crippen molar-refractivity contribution in [2.24, 2.45) is 11.8 Å². The number of aromatic nitrogens is 2. The van der Waals surface area contributed by atoms with E-state index in [0.717, 1.165) is 11.8 Å². The molecule has 1 aromatic rings. The van der Waals surface area contributed by atoms with Crippen molar-refractivity contribution in [3.05, 3.63) is 17.7 Å². The lowest BCUT2D eigenvalue weighted by Gasteiger charge is -2.23. The van der Waals surface area contributed by atoms with E-state index in [2.05, 4.69) is 36.4 Å². The van der Waals surface area contributed by atoms with Crippen LogP contribution in [0.25, 0.3) is 0 Å². The minimum absolute atomic E-state index is 0.694. The molecule has 0 amide bonds. The van der Waals surface area contributed by atoms with E-state index in [1.807, 2.05) is 0 Å². The van der Waals surface area contributed by atoms with E-state index in [-0.39, 0.29) is 0 Å². The van der Waals surface area contributed by atoms with Gasteiger partial charge in [0.05, 0.1) is 0 Å². The largest absolute Gasteiger partial charge is 0.332 e. The predicted octanol–water partition coefficient (Wildman–Crippen LogP) is 2.74. The van der Waals surface area contributed by atoms with Gasteiger partial charge in [0.1, 0.15) is 5.82 Å². The van der Waals surface area contributed by atoms with Crippen molar-refractivity contribution >= 4 is 0 Å². The molecule has 0 radical (unpaired) electrons. The van der Waals surface area contributed by atoms with Crippen molar-refractivity contribution in [3.63, 3.8) is 0 Å². The Labute approximate surface area is 117 Å². The van der Waals surface area contributed by atoms with Gasteiger partial charge in [0, 0.05) is 37.4 Å². The molecule has 2 unspecified atom stereocenters. The first-order valence-electron chi connectivity index (χ1n) is 7.90. The number of imidazole rings is 1. The zero-order valence-corrected chi connectivity index (χ0v) is 12.6. The zero-order valence-electron chi connectivity index (χ0n) is 12.6. The van der Waals surface area contributed by atoms with Crippen LogP contribution in [0.3, 0.4) is 0 Å². The van der Waals surface area contributed by atoms with Gasteiger partial charge in [0.2, 0.25) is 0 Å². The monoisotopic (exact) mass is 261 g/mol. The van der Waals surface area contributed by atoms with Crippen LogP contribution in [-0.2, 0) is 19.4 Å². The summed E-state index contributed by atoms with van der Waals surface area (Å²) in [6, 6.07) is 0.694. The second kappa shape index (κ2) is 5.28. The Morgan fingerprint density at radius 3 is 2.89 bits per heavy atom. The Balaban J connectivity index is 1.65. The molecule has 3 heterocycles. The molecule has 19 heavy (non-hydrogen) atoms. The molecule has 0 spiro atoms. The van der Waals surface area contributed by atoms with Crippen LogP contribution >= 0.6 is 0 Å². The third-order valence-corrected chi connectivity index (χ3v) is 4.94. The Bertz CT molecular complexity index is 435. The first-order valence-corrected chi connectivity index (χ1v) is 7.90. The molecule has 106 valence electrons. The van der Waals surface area contributed by atoms with Crippen LogP contribution in [0.15, 0.2) is 6.20 Å². The molecular weight excluding hydrogens is 234 g/mol. The second-order valence-corrected chi connectivity index (χ2v) is 6.86. The number of fused-ring (bicyclic) bond motifs is 1. The van der Waals surface area contributed by atoms with E-state index in [0.29, 0.717) is 6.04 Å². The predicted molar refractivity (Wildman–Crippen MR) is 78.2 cm³/mol. The van der Waals surface area contributed by atoms with E-state index in [9.17, 15) is 0 Å². The molecule has 0 aromatic carbocycles. The van der Waals surface area contributed by atoms with Crippen LogP contribution in [0.1, 0.15) is 45.1 Å². The molecule has 3 heteroatoms. The van der Waals surface area contributed by atoms with Crippen LogP contribution in [0.4, 0.5) is 0 Å². The molecule has 1 aromatic heterocycles. The summed E-state index contributed by atoms with van der Waals surface area (Å²) in [6.45, 7) is 10.7. The van der Waals surface area contributed by atoms with Crippen LogP contribution in [0.5, 0.6) is 0 Å². The van der Waals surface area contributed by atoms with Gasteiger partial charge < -0.3 is 9.47 Å². The Morgan fingerprint density at radius 1 is 1.32 bits per heavy atom. The molecule has 1 fully saturated rings. The van der Waals surface area contributed by atoms with Crippen molar-refractivity contribution in [3.8, 4) is 0 Å². The van der Waals surface area contributed by atoms with E-state index in [4.69, 9.17) is 4.98 Å². The number of nitrogens with zero attached hydrogens (tertiary/aromatic N) is 3. The molecule has 0 saturated carbocycles. The van der Waals surface area contributed by atoms with Crippen molar-refractivity contribution in [2.75, 3.05) is 13.1 Å². The van der Waals surface area contributed by atoms with Crippen LogP contribution in [0, 0.1) is 11.8 Å². The average molecular weight is 261 g/mol. The fourth-order valence-electron chi connectivity index (χ4n) is 3.62. The highest BCUT2D eigenvalue weighted by molar-refractivity contribution is 5.09. The molecule has 2 atom stereocenters. The minimum atomic E-state index is 0.694. The van der Waals surface area contributed by atoms with Gasteiger partial charge >= 0.3 is 0 Å². The van der Waals surface area contributed by atoms with Crippen LogP contribution < -0.4 is 0 Å². The van der Waals surface area contributed by atoms with Crippen molar-refractivity contribution in [2.45, 2.75) is 59.0 Å². The summed E-state index contributed by atoms with van der Waals surface area (Å²) in [5, 5.41) is 0. The lowest BCUT2D eigenvalue weighted by atomic mass is 9.98. The number of likely N-dealkylation sites (tertiary alicyclic amines) is 1. The zero-order chi connectivity index (χ0) is 13.4. The maximum Gasteiger partial charge on any atom is 0.109 e.